The molecule has 4 rings (SSSR count). The molecule has 0 atom stereocenters. The minimum Gasteiger partial charge on any atom is -0.321 e. The highest BCUT2D eigenvalue weighted by molar-refractivity contribution is 5.79. The van der Waals surface area contributed by atoms with Crippen LogP contribution in [-0.4, -0.2) is 10.8 Å². The van der Waals surface area contributed by atoms with Crippen LogP contribution < -0.4 is 0 Å². The molecule has 7 heteroatoms. The zero-order chi connectivity index (χ0) is 21.7. The number of nitrogens with zero attached hydrogens (tertiary/aromatic N) is 1. The lowest BCUT2D eigenvalue weighted by atomic mass is 9.76. The van der Waals surface area contributed by atoms with Crippen LogP contribution >= 0.6 is 0 Å². The van der Waals surface area contributed by atoms with Gasteiger partial charge in [-0.1, -0.05) is 30.3 Å². The largest absolute Gasteiger partial charge is 0.416 e. The molecule has 0 fully saturated rings. The molecule has 3 aromatic rings. The second-order valence-electron chi connectivity index (χ2n) is 7.20. The van der Waals surface area contributed by atoms with E-state index in [-0.39, 0.29) is 18.0 Å². The summed E-state index contributed by atoms with van der Waals surface area (Å²) in [5, 5.41) is 0. The van der Waals surface area contributed by atoms with Crippen LogP contribution in [0, 0.1) is 11.6 Å². The molecule has 2 nitrogen and oxygen atoms in total. The number of alkyl halides is 3. The highest BCUT2D eigenvalue weighted by atomic mass is 19.4. The SMILES string of the molecule is CC(=O)N1Cc2ccc(C(F)(F)F)cc2C1(c1ccc(F)cc1)c1ccc(F)cc1. The van der Waals surface area contributed by atoms with E-state index in [4.69, 9.17) is 0 Å². The molecule has 0 N–H and O–H groups in total. The maximum absolute atomic E-state index is 13.6. The molecular weight excluding hydrogens is 401 g/mol. The first-order chi connectivity index (χ1) is 14.1. The fourth-order valence-corrected chi connectivity index (χ4v) is 4.18. The number of halogens is 5. The number of amides is 1. The van der Waals surface area contributed by atoms with E-state index in [1.165, 1.54) is 66.4 Å². The van der Waals surface area contributed by atoms with E-state index in [0.717, 1.165) is 12.1 Å². The minimum atomic E-state index is -4.59. The summed E-state index contributed by atoms with van der Waals surface area (Å²) in [5.74, 6) is -1.43. The van der Waals surface area contributed by atoms with Gasteiger partial charge in [0.05, 0.1) is 5.56 Å². The molecule has 1 heterocycles. The van der Waals surface area contributed by atoms with Crippen LogP contribution in [0.3, 0.4) is 0 Å². The predicted molar refractivity (Wildman–Crippen MR) is 100 cm³/mol. The number of rotatable bonds is 2. The van der Waals surface area contributed by atoms with Gasteiger partial charge < -0.3 is 4.90 Å². The van der Waals surface area contributed by atoms with E-state index in [0.29, 0.717) is 16.7 Å². The Morgan fingerprint density at radius 2 is 1.37 bits per heavy atom. The molecule has 0 bridgehead atoms. The summed E-state index contributed by atoms with van der Waals surface area (Å²) in [6.07, 6.45) is -4.59. The molecule has 0 aliphatic carbocycles. The lowest BCUT2D eigenvalue weighted by molar-refractivity contribution is -0.137. The van der Waals surface area contributed by atoms with E-state index in [1.54, 1.807) is 0 Å². The standard InChI is InChI=1S/C23H16F5NO/c1-14(30)29-13-15-2-3-18(23(26,27)28)12-21(15)22(29,16-4-8-19(24)9-5-16)17-6-10-20(25)11-7-17/h2-12H,13H2,1H3. The van der Waals surface area contributed by atoms with Crippen molar-refractivity contribution in [3.05, 3.63) is 106 Å². The summed E-state index contributed by atoms with van der Waals surface area (Å²) in [5.41, 5.74) is -0.713. The number of carbonyl (C=O) groups excluding carboxylic acids is 1. The van der Waals surface area contributed by atoms with Crippen molar-refractivity contribution in [1.82, 2.24) is 4.90 Å². The molecule has 1 amide bonds. The lowest BCUT2D eigenvalue weighted by Crippen LogP contribution is -2.45. The van der Waals surface area contributed by atoms with Gasteiger partial charge in [0.2, 0.25) is 5.91 Å². The number of hydrogen-bond donors (Lipinski definition) is 0. The van der Waals surface area contributed by atoms with Crippen LogP contribution in [-0.2, 0) is 23.1 Å². The maximum Gasteiger partial charge on any atom is 0.416 e. The number of benzene rings is 3. The third-order valence-corrected chi connectivity index (χ3v) is 5.46. The zero-order valence-corrected chi connectivity index (χ0v) is 15.8. The molecule has 30 heavy (non-hydrogen) atoms. The van der Waals surface area contributed by atoms with Gasteiger partial charge >= 0.3 is 6.18 Å². The number of hydrogen-bond acceptors (Lipinski definition) is 1. The van der Waals surface area contributed by atoms with Gasteiger partial charge in [0.1, 0.15) is 17.2 Å². The Morgan fingerprint density at radius 1 is 0.867 bits per heavy atom. The summed E-state index contributed by atoms with van der Waals surface area (Å²) < 4.78 is 67.8. The quantitative estimate of drug-likeness (QED) is 0.495. The highest BCUT2D eigenvalue weighted by Crippen LogP contribution is 2.50. The molecular formula is C23H16F5NO. The van der Waals surface area contributed by atoms with Crippen LogP contribution in [0.5, 0.6) is 0 Å². The zero-order valence-electron chi connectivity index (χ0n) is 15.8. The van der Waals surface area contributed by atoms with Crippen molar-refractivity contribution in [3.8, 4) is 0 Å². The number of carbonyl (C=O) groups is 1. The van der Waals surface area contributed by atoms with E-state index in [2.05, 4.69) is 0 Å². The third-order valence-electron chi connectivity index (χ3n) is 5.46. The Morgan fingerprint density at radius 3 is 1.80 bits per heavy atom. The first-order valence-electron chi connectivity index (χ1n) is 9.15. The van der Waals surface area contributed by atoms with E-state index in [1.807, 2.05) is 0 Å². The smallest absolute Gasteiger partial charge is 0.321 e. The summed E-state index contributed by atoms with van der Waals surface area (Å²) in [7, 11) is 0. The lowest BCUT2D eigenvalue weighted by Gasteiger charge is -2.40. The van der Waals surface area contributed by atoms with Gasteiger partial charge in [0.15, 0.2) is 0 Å². The molecule has 0 saturated heterocycles. The molecule has 0 unspecified atom stereocenters. The Hall–Kier alpha value is -3.22. The molecule has 0 spiro atoms. The van der Waals surface area contributed by atoms with Crippen molar-refractivity contribution in [2.45, 2.75) is 25.2 Å². The van der Waals surface area contributed by atoms with Gasteiger partial charge in [-0.2, -0.15) is 13.2 Å². The van der Waals surface area contributed by atoms with Gasteiger partial charge in [-0.15, -0.1) is 0 Å². The molecule has 154 valence electrons. The van der Waals surface area contributed by atoms with Crippen molar-refractivity contribution in [2.24, 2.45) is 0 Å². The normalized spacial score (nSPS) is 15.2. The predicted octanol–water partition coefficient (Wildman–Crippen LogP) is 5.64. The van der Waals surface area contributed by atoms with Crippen molar-refractivity contribution < 1.29 is 26.7 Å². The first-order valence-corrected chi connectivity index (χ1v) is 9.15. The second-order valence-corrected chi connectivity index (χ2v) is 7.20. The van der Waals surface area contributed by atoms with E-state index in [9.17, 15) is 26.7 Å². The monoisotopic (exact) mass is 417 g/mol. The average molecular weight is 417 g/mol. The second kappa shape index (κ2) is 6.93. The van der Waals surface area contributed by atoms with Gasteiger partial charge in [-0.05, 0) is 58.7 Å². The van der Waals surface area contributed by atoms with Crippen molar-refractivity contribution in [1.29, 1.82) is 0 Å². The molecule has 3 aromatic carbocycles. The maximum atomic E-state index is 13.6. The summed E-state index contributed by atoms with van der Waals surface area (Å²) >= 11 is 0. The van der Waals surface area contributed by atoms with Gasteiger partial charge in [-0.3, -0.25) is 4.79 Å². The number of fused-ring (bicyclic) bond motifs is 1. The molecule has 0 radical (unpaired) electrons. The fraction of sp³-hybridized carbons (Fsp3) is 0.174. The molecule has 1 aliphatic heterocycles. The fourth-order valence-electron chi connectivity index (χ4n) is 4.18. The summed E-state index contributed by atoms with van der Waals surface area (Å²) in [6, 6.07) is 13.8. The van der Waals surface area contributed by atoms with Crippen LogP contribution in [0.1, 0.15) is 34.7 Å². The average Bonchev–Trinajstić information content (AvgIpc) is 3.04. The Labute approximate surface area is 169 Å². The summed E-state index contributed by atoms with van der Waals surface area (Å²) in [6.45, 7) is 1.38. The third kappa shape index (κ3) is 3.05. The highest BCUT2D eigenvalue weighted by Gasteiger charge is 2.50. The van der Waals surface area contributed by atoms with Crippen LogP contribution in [0.25, 0.3) is 0 Å². The molecule has 1 aliphatic rings. The minimum absolute atomic E-state index is 0.0670. The van der Waals surface area contributed by atoms with Crippen LogP contribution in [0.4, 0.5) is 22.0 Å². The van der Waals surface area contributed by atoms with Crippen molar-refractivity contribution in [3.63, 3.8) is 0 Å². The van der Waals surface area contributed by atoms with Crippen LogP contribution in [0.2, 0.25) is 0 Å². The van der Waals surface area contributed by atoms with Gasteiger partial charge in [0, 0.05) is 13.5 Å². The molecule has 0 saturated carbocycles. The Bertz CT molecular complexity index is 1060. The topological polar surface area (TPSA) is 20.3 Å². The Kier molecular flexibility index (Phi) is 4.64. The molecule has 0 aromatic heterocycles. The van der Waals surface area contributed by atoms with Gasteiger partial charge in [-0.25, -0.2) is 8.78 Å². The Balaban J connectivity index is 2.10. The first kappa shape index (κ1) is 20.1. The van der Waals surface area contributed by atoms with Gasteiger partial charge in [0.25, 0.3) is 0 Å². The van der Waals surface area contributed by atoms with Crippen LogP contribution in [0.15, 0.2) is 66.7 Å². The van der Waals surface area contributed by atoms with E-state index < -0.39 is 28.9 Å². The van der Waals surface area contributed by atoms with Crippen molar-refractivity contribution in [2.75, 3.05) is 0 Å². The van der Waals surface area contributed by atoms with E-state index >= 15 is 0 Å². The summed E-state index contributed by atoms with van der Waals surface area (Å²) in [4.78, 5) is 14.1. The van der Waals surface area contributed by atoms with Crippen molar-refractivity contribution >= 4 is 5.91 Å².